The Kier molecular flexibility index (Phi) is 8.38. The van der Waals surface area contributed by atoms with Gasteiger partial charge in [-0.2, -0.15) is 0 Å². The number of fused-ring (bicyclic) bond motifs is 9. The number of nitrogens with zero attached hydrogens (tertiary/aromatic N) is 2. The van der Waals surface area contributed by atoms with Crippen LogP contribution in [0.5, 0.6) is 0 Å². The number of hydrogen-bond acceptors (Lipinski definition) is 3. The maximum absolute atomic E-state index is 9.47. The smallest absolute Gasteiger partial charge is 0.0434 e. The summed E-state index contributed by atoms with van der Waals surface area (Å²) >= 11 is 1.75. The minimum Gasteiger partial charge on any atom is -0.304 e. The Bertz CT molecular complexity index is 3280. The molecule has 9 aromatic rings. The van der Waals surface area contributed by atoms with Crippen molar-refractivity contribution in [3.8, 4) is 22.4 Å². The maximum Gasteiger partial charge on any atom is 0.0434 e. The number of thiophene rings is 1. The van der Waals surface area contributed by atoms with Gasteiger partial charge >= 0.3 is 0 Å². The van der Waals surface area contributed by atoms with Gasteiger partial charge in [-0.3, -0.25) is 0 Å². The van der Waals surface area contributed by atoms with E-state index in [1.807, 2.05) is 32.9 Å². The van der Waals surface area contributed by atoms with Gasteiger partial charge in [0.2, 0.25) is 0 Å². The summed E-state index contributed by atoms with van der Waals surface area (Å²) in [5, 5.41) is 6.33. The molecule has 0 saturated heterocycles. The summed E-state index contributed by atoms with van der Waals surface area (Å²) in [6.45, 7) is 7.59. The van der Waals surface area contributed by atoms with Crippen LogP contribution in [0, 0.1) is 38.1 Å². The van der Waals surface area contributed by atoms with E-state index in [0.29, 0.717) is 34.0 Å². The first-order valence-corrected chi connectivity index (χ1v) is 20.2. The Hall–Kier alpha value is -4.73. The van der Waals surface area contributed by atoms with Gasteiger partial charge in [0.1, 0.15) is 0 Å². The van der Waals surface area contributed by atoms with Crippen molar-refractivity contribution in [1.82, 2.24) is 9.97 Å². The fourth-order valence-corrected chi connectivity index (χ4v) is 9.04. The monoisotopic (exact) mass is 964 g/mol. The van der Waals surface area contributed by atoms with Gasteiger partial charge in [0.15, 0.2) is 0 Å². The van der Waals surface area contributed by atoms with E-state index in [1.54, 1.807) is 23.5 Å². The summed E-state index contributed by atoms with van der Waals surface area (Å²) in [7, 11) is 0. The first-order chi connectivity index (χ1) is 31.7. The molecule has 58 heavy (non-hydrogen) atoms. The Labute approximate surface area is 377 Å². The van der Waals surface area contributed by atoms with Crippen molar-refractivity contribution in [2.24, 2.45) is 5.41 Å². The standard InChI is InChI=1S/C41H40NS.C13H12N.Ir/c1-23(2)26-15-11-16-27(24(3)4)37(26)31-18-12-17-30-33-19-32-28-13-9-10-14-29(28)39-38(34(32)20-36(33)43-40(30)31)35(21-41(6,7)8)25(5)22-42-39;1-10-3-6-12(7-4-10)13-8-5-11(2)9-14-13;/h9-13,15-20,22-24H,21H2,1-8H3;3-6,8-9H,1-2H3;/q2*-1;/i5D3,21D2;1D3,2D3;. The molecule has 3 aromatic heterocycles. The summed E-state index contributed by atoms with van der Waals surface area (Å²) in [5.74, 6) is 0.715. The largest absolute Gasteiger partial charge is 0.304 e. The van der Waals surface area contributed by atoms with Crippen LogP contribution in [0.25, 0.3) is 75.0 Å². The van der Waals surface area contributed by atoms with E-state index in [2.05, 4.69) is 99.4 Å². The average molecular weight is 964 g/mol. The molecule has 295 valence electrons. The molecule has 0 atom stereocenters. The SMILES string of the molecule is [2H]C([2H])([2H])c1c[c-]c(-c2ccc(C([2H])([2H])[2H])cn2)cc1.[2H]C([2H])([2H])c1cnc2c3[c-]cccc3c3cc4c(cc3c2c1C([2H])([2H])C(C)(C)C)sc1c(-c2c(C(C)C)cccc2C(C)C)cccc14.[Ir]. The number of aryl methyl sites for hydroxylation is 3. The van der Waals surface area contributed by atoms with E-state index >= 15 is 0 Å². The van der Waals surface area contributed by atoms with Gasteiger partial charge in [-0.25, -0.2) is 0 Å². The zero-order valence-electron chi connectivity index (χ0n) is 44.7. The zero-order valence-corrected chi connectivity index (χ0v) is 36.9. The maximum atomic E-state index is 9.47. The number of hydrogen-bond donors (Lipinski definition) is 0. The second-order valence-corrected chi connectivity index (χ2v) is 17.4. The van der Waals surface area contributed by atoms with E-state index in [0.717, 1.165) is 31.6 Å². The van der Waals surface area contributed by atoms with Crippen molar-refractivity contribution in [2.75, 3.05) is 0 Å². The molecule has 0 N–H and O–H groups in total. The van der Waals surface area contributed by atoms with Gasteiger partial charge < -0.3 is 9.97 Å². The molecule has 0 amide bonds. The summed E-state index contributed by atoms with van der Waals surface area (Å²) in [5.41, 5.74) is 6.58. The first-order valence-electron chi connectivity index (χ1n) is 24.9. The number of rotatable bonds is 5. The molecule has 6 aromatic carbocycles. The van der Waals surface area contributed by atoms with Crippen LogP contribution in [-0.2, 0) is 26.5 Å². The molecule has 0 unspecified atom stereocenters. The fourth-order valence-electron chi connectivity index (χ4n) is 7.79. The van der Waals surface area contributed by atoms with E-state index < -0.39 is 32.3 Å². The molecule has 0 aliphatic heterocycles. The number of benzene rings is 6. The molecule has 0 bridgehead atoms. The minimum atomic E-state index is -2.55. The zero-order chi connectivity index (χ0) is 49.5. The first kappa shape index (κ1) is 29.5. The van der Waals surface area contributed by atoms with Crippen molar-refractivity contribution in [2.45, 2.75) is 87.2 Å². The second kappa shape index (κ2) is 16.5. The van der Waals surface area contributed by atoms with Crippen LogP contribution in [0.3, 0.4) is 0 Å². The van der Waals surface area contributed by atoms with Gasteiger partial charge in [0.25, 0.3) is 0 Å². The second-order valence-electron chi connectivity index (χ2n) is 16.3. The average Bonchev–Trinajstić information content (AvgIpc) is 3.64. The number of aromatic nitrogens is 2. The summed E-state index contributed by atoms with van der Waals surface area (Å²) in [4.78, 5) is 8.83. The Balaban J connectivity index is 0.000000281. The molecular formula is C54H52IrN2S-2. The molecule has 0 fully saturated rings. The van der Waals surface area contributed by atoms with Gasteiger partial charge in [0.05, 0.1) is 0 Å². The van der Waals surface area contributed by atoms with Crippen molar-refractivity contribution in [3.05, 3.63) is 155 Å². The fraction of sp³-hybridized carbons (Fsp3) is 0.259. The summed E-state index contributed by atoms with van der Waals surface area (Å²) < 4.78 is 90.3. The van der Waals surface area contributed by atoms with E-state index in [4.69, 9.17) is 17.3 Å². The quantitative estimate of drug-likeness (QED) is 0.127. The van der Waals surface area contributed by atoms with Crippen LogP contribution in [0.1, 0.15) is 109 Å². The van der Waals surface area contributed by atoms with Crippen LogP contribution in [0.2, 0.25) is 0 Å². The van der Waals surface area contributed by atoms with Crippen molar-refractivity contribution in [1.29, 1.82) is 0 Å². The molecule has 0 saturated carbocycles. The third-order valence-corrected chi connectivity index (χ3v) is 11.6. The molecule has 4 heteroatoms. The third-order valence-electron chi connectivity index (χ3n) is 10.4. The topological polar surface area (TPSA) is 25.8 Å². The predicted octanol–water partition coefficient (Wildman–Crippen LogP) is 15.7. The van der Waals surface area contributed by atoms with Gasteiger partial charge in [-0.15, -0.1) is 76.4 Å². The molecule has 0 aliphatic rings. The molecular weight excluding hydrogens is 901 g/mol. The van der Waals surface area contributed by atoms with Crippen LogP contribution in [-0.4, -0.2) is 9.97 Å². The number of pyridine rings is 2. The minimum absolute atomic E-state index is 0. The summed E-state index contributed by atoms with van der Waals surface area (Å²) in [6.07, 6.45) is 0.681. The van der Waals surface area contributed by atoms with Crippen molar-refractivity contribution in [3.63, 3.8) is 0 Å². The van der Waals surface area contributed by atoms with E-state index in [-0.39, 0.29) is 42.4 Å². The van der Waals surface area contributed by atoms with E-state index in [9.17, 15) is 2.74 Å². The summed E-state index contributed by atoms with van der Waals surface area (Å²) in [6, 6.07) is 37.3. The van der Waals surface area contributed by atoms with Crippen LogP contribution in [0.4, 0.5) is 0 Å². The van der Waals surface area contributed by atoms with Crippen LogP contribution in [0.15, 0.2) is 109 Å². The van der Waals surface area contributed by atoms with E-state index in [1.165, 1.54) is 62.9 Å². The molecule has 0 aliphatic carbocycles. The van der Waals surface area contributed by atoms with Gasteiger partial charge in [0, 0.05) is 73.3 Å². The Morgan fingerprint density at radius 2 is 1.47 bits per heavy atom. The molecule has 9 rings (SSSR count). The third kappa shape index (κ3) is 7.87. The molecule has 1 radical (unpaired) electrons. The Morgan fingerprint density at radius 1 is 0.724 bits per heavy atom. The van der Waals surface area contributed by atoms with Crippen molar-refractivity contribution < 1.29 is 35.2 Å². The predicted molar refractivity (Wildman–Crippen MR) is 248 cm³/mol. The Morgan fingerprint density at radius 3 is 2.12 bits per heavy atom. The van der Waals surface area contributed by atoms with Gasteiger partial charge in [-0.05, 0) is 98.8 Å². The molecule has 3 heterocycles. The normalized spacial score (nSPS) is 15.6. The van der Waals surface area contributed by atoms with Crippen molar-refractivity contribution >= 4 is 64.0 Å². The molecule has 0 spiro atoms. The van der Waals surface area contributed by atoms with Gasteiger partial charge in [-0.1, -0.05) is 121 Å². The molecule has 2 nitrogen and oxygen atoms in total. The van der Waals surface area contributed by atoms with Crippen LogP contribution < -0.4 is 0 Å². The van der Waals surface area contributed by atoms with Crippen LogP contribution >= 0.6 is 11.3 Å².